The maximum atomic E-state index is 13.5. The van der Waals surface area contributed by atoms with Crippen molar-refractivity contribution >= 4 is 10.0 Å². The van der Waals surface area contributed by atoms with E-state index in [2.05, 4.69) is 9.62 Å². The van der Waals surface area contributed by atoms with E-state index in [0.29, 0.717) is 26.2 Å². The number of rotatable bonds is 6. The smallest absolute Gasteiger partial charge is 0.246 e. The van der Waals surface area contributed by atoms with E-state index in [-0.39, 0.29) is 6.54 Å². The van der Waals surface area contributed by atoms with E-state index in [9.17, 15) is 17.2 Å². The van der Waals surface area contributed by atoms with E-state index in [1.807, 2.05) is 0 Å². The third kappa shape index (κ3) is 4.44. The molecule has 1 N–H and O–H groups in total. The first-order chi connectivity index (χ1) is 10.0. The third-order valence-electron chi connectivity index (χ3n) is 3.23. The van der Waals surface area contributed by atoms with Crippen LogP contribution in [0.2, 0.25) is 0 Å². The summed E-state index contributed by atoms with van der Waals surface area (Å²) in [5.74, 6) is -2.17. The van der Waals surface area contributed by atoms with E-state index in [0.717, 1.165) is 31.3 Å². The molecular formula is C13H18F2N2O3S. The summed E-state index contributed by atoms with van der Waals surface area (Å²) in [4.78, 5) is 1.23. The summed E-state index contributed by atoms with van der Waals surface area (Å²) >= 11 is 0. The minimum absolute atomic E-state index is 0.132. The van der Waals surface area contributed by atoms with Crippen molar-refractivity contribution in [3.8, 4) is 0 Å². The number of nitrogens with one attached hydrogen (secondary N) is 1. The molecule has 0 aliphatic carbocycles. The van der Waals surface area contributed by atoms with E-state index < -0.39 is 26.6 Å². The van der Waals surface area contributed by atoms with Gasteiger partial charge in [0.15, 0.2) is 4.90 Å². The molecule has 0 unspecified atom stereocenters. The van der Waals surface area contributed by atoms with Crippen LogP contribution >= 0.6 is 0 Å². The summed E-state index contributed by atoms with van der Waals surface area (Å²) in [6.07, 6.45) is 0.565. The molecule has 0 spiro atoms. The van der Waals surface area contributed by atoms with Crippen LogP contribution in [0.15, 0.2) is 23.1 Å². The zero-order valence-electron chi connectivity index (χ0n) is 11.5. The Labute approximate surface area is 122 Å². The molecule has 0 atom stereocenters. The number of halogens is 2. The van der Waals surface area contributed by atoms with Gasteiger partial charge in [-0.05, 0) is 25.1 Å². The van der Waals surface area contributed by atoms with Gasteiger partial charge in [-0.1, -0.05) is 6.07 Å². The van der Waals surface area contributed by atoms with Crippen LogP contribution in [0.1, 0.15) is 6.42 Å². The SMILES string of the molecule is O=S(=O)(NCCCN1CCOCC1)c1c(F)cccc1F. The van der Waals surface area contributed by atoms with Gasteiger partial charge >= 0.3 is 0 Å². The van der Waals surface area contributed by atoms with E-state index in [1.165, 1.54) is 0 Å². The van der Waals surface area contributed by atoms with Crippen LogP contribution < -0.4 is 4.72 Å². The van der Waals surface area contributed by atoms with Gasteiger partial charge in [-0.25, -0.2) is 21.9 Å². The number of benzene rings is 1. The predicted octanol–water partition coefficient (Wildman–Crippen LogP) is 0.965. The summed E-state index contributed by atoms with van der Waals surface area (Å²) in [7, 11) is -4.17. The Bertz CT molecular complexity index is 555. The third-order valence-corrected chi connectivity index (χ3v) is 4.75. The number of morpholine rings is 1. The molecule has 0 radical (unpaired) electrons. The molecule has 118 valence electrons. The lowest BCUT2D eigenvalue weighted by molar-refractivity contribution is 0.0376. The molecule has 0 aromatic heterocycles. The maximum absolute atomic E-state index is 13.5. The lowest BCUT2D eigenvalue weighted by Gasteiger charge is -2.26. The molecule has 1 saturated heterocycles. The van der Waals surface area contributed by atoms with Gasteiger partial charge in [-0.3, -0.25) is 4.90 Å². The predicted molar refractivity (Wildman–Crippen MR) is 73.4 cm³/mol. The largest absolute Gasteiger partial charge is 0.379 e. The lowest BCUT2D eigenvalue weighted by atomic mass is 10.3. The average molecular weight is 320 g/mol. The number of hydrogen-bond acceptors (Lipinski definition) is 4. The molecule has 0 amide bonds. The molecule has 2 rings (SSSR count). The summed E-state index contributed by atoms with van der Waals surface area (Å²) in [5.41, 5.74) is 0. The summed E-state index contributed by atoms with van der Waals surface area (Å²) in [5, 5.41) is 0. The zero-order valence-corrected chi connectivity index (χ0v) is 12.3. The second-order valence-corrected chi connectivity index (χ2v) is 6.46. The van der Waals surface area contributed by atoms with Gasteiger partial charge < -0.3 is 4.74 Å². The topological polar surface area (TPSA) is 58.6 Å². The molecule has 0 bridgehead atoms. The summed E-state index contributed by atoms with van der Waals surface area (Å²) in [6.45, 7) is 3.82. The highest BCUT2D eigenvalue weighted by Gasteiger charge is 2.23. The van der Waals surface area contributed by atoms with Crippen LogP contribution in [0.3, 0.4) is 0 Å². The molecule has 1 aliphatic rings. The van der Waals surface area contributed by atoms with E-state index in [1.54, 1.807) is 0 Å². The number of hydrogen-bond donors (Lipinski definition) is 1. The fourth-order valence-electron chi connectivity index (χ4n) is 2.15. The van der Waals surface area contributed by atoms with Crippen LogP contribution in [0.5, 0.6) is 0 Å². The Morgan fingerprint density at radius 3 is 2.43 bits per heavy atom. The summed E-state index contributed by atoms with van der Waals surface area (Å²) < 4.78 is 58.2. The van der Waals surface area contributed by atoms with Gasteiger partial charge in [0.2, 0.25) is 10.0 Å². The lowest BCUT2D eigenvalue weighted by Crippen LogP contribution is -2.38. The fourth-order valence-corrected chi connectivity index (χ4v) is 3.35. The van der Waals surface area contributed by atoms with Crippen LogP contribution in [0.4, 0.5) is 8.78 Å². The standard InChI is InChI=1S/C13H18F2N2O3S/c14-11-3-1-4-12(15)13(11)21(18,19)16-5-2-6-17-7-9-20-10-8-17/h1,3-4,16H,2,5-10H2. The van der Waals surface area contributed by atoms with Crippen LogP contribution in [0, 0.1) is 11.6 Å². The van der Waals surface area contributed by atoms with Gasteiger partial charge in [0, 0.05) is 19.6 Å². The molecular weight excluding hydrogens is 302 g/mol. The van der Waals surface area contributed by atoms with Crippen LogP contribution in [0.25, 0.3) is 0 Å². The molecule has 8 heteroatoms. The molecule has 0 saturated carbocycles. The Hall–Kier alpha value is -1.09. The first kappa shape index (κ1) is 16.3. The first-order valence-electron chi connectivity index (χ1n) is 6.74. The van der Waals surface area contributed by atoms with Crippen molar-refractivity contribution < 1.29 is 21.9 Å². The molecule has 1 fully saturated rings. The maximum Gasteiger partial charge on any atom is 0.246 e. The molecule has 21 heavy (non-hydrogen) atoms. The van der Waals surface area contributed by atoms with Crippen molar-refractivity contribution in [3.63, 3.8) is 0 Å². The van der Waals surface area contributed by atoms with Crippen molar-refractivity contribution in [2.45, 2.75) is 11.3 Å². The van der Waals surface area contributed by atoms with Crippen molar-refractivity contribution in [2.24, 2.45) is 0 Å². The van der Waals surface area contributed by atoms with Gasteiger partial charge in [-0.2, -0.15) is 0 Å². The summed E-state index contributed by atoms with van der Waals surface area (Å²) in [6, 6.07) is 2.97. The monoisotopic (exact) mass is 320 g/mol. The molecule has 1 aromatic carbocycles. The minimum Gasteiger partial charge on any atom is -0.379 e. The van der Waals surface area contributed by atoms with Crippen molar-refractivity contribution in [3.05, 3.63) is 29.8 Å². The number of sulfonamides is 1. The minimum atomic E-state index is -4.17. The highest BCUT2D eigenvalue weighted by molar-refractivity contribution is 7.89. The second-order valence-electron chi connectivity index (χ2n) is 4.76. The van der Waals surface area contributed by atoms with E-state index in [4.69, 9.17) is 4.74 Å². The van der Waals surface area contributed by atoms with Crippen LogP contribution in [-0.2, 0) is 14.8 Å². The Balaban J connectivity index is 1.86. The second kappa shape index (κ2) is 7.26. The normalized spacial score (nSPS) is 17.0. The quantitative estimate of drug-likeness (QED) is 0.794. The van der Waals surface area contributed by atoms with Gasteiger partial charge in [0.1, 0.15) is 11.6 Å². The highest BCUT2D eigenvalue weighted by atomic mass is 32.2. The first-order valence-corrected chi connectivity index (χ1v) is 8.23. The van der Waals surface area contributed by atoms with Crippen molar-refractivity contribution in [1.29, 1.82) is 0 Å². The van der Waals surface area contributed by atoms with Crippen molar-refractivity contribution in [2.75, 3.05) is 39.4 Å². The highest BCUT2D eigenvalue weighted by Crippen LogP contribution is 2.17. The average Bonchev–Trinajstić information content (AvgIpc) is 2.44. The zero-order chi connectivity index (χ0) is 15.3. The molecule has 1 aliphatic heterocycles. The van der Waals surface area contributed by atoms with Crippen molar-refractivity contribution in [1.82, 2.24) is 9.62 Å². The number of nitrogens with zero attached hydrogens (tertiary/aromatic N) is 1. The molecule has 1 aromatic rings. The fraction of sp³-hybridized carbons (Fsp3) is 0.538. The van der Waals surface area contributed by atoms with Crippen LogP contribution in [-0.4, -0.2) is 52.7 Å². The Morgan fingerprint density at radius 1 is 1.19 bits per heavy atom. The molecule has 1 heterocycles. The Kier molecular flexibility index (Phi) is 5.63. The van der Waals surface area contributed by atoms with Gasteiger partial charge in [0.05, 0.1) is 13.2 Å². The molecule has 5 nitrogen and oxygen atoms in total. The Morgan fingerprint density at radius 2 is 1.81 bits per heavy atom. The number of ether oxygens (including phenoxy) is 1. The van der Waals surface area contributed by atoms with Gasteiger partial charge in [0.25, 0.3) is 0 Å². The van der Waals surface area contributed by atoms with Gasteiger partial charge in [-0.15, -0.1) is 0 Å². The van der Waals surface area contributed by atoms with E-state index >= 15 is 0 Å².